The quantitative estimate of drug-likeness (QED) is 0.423. The monoisotopic (exact) mass is 390 g/mol. The lowest BCUT2D eigenvalue weighted by molar-refractivity contribution is 0.000400. The fourth-order valence-electron chi connectivity index (χ4n) is 5.54. The third-order valence-corrected chi connectivity index (χ3v) is 7.15. The summed E-state index contributed by atoms with van der Waals surface area (Å²) in [5.74, 6) is 0. The van der Waals surface area contributed by atoms with Gasteiger partial charge in [0, 0.05) is 10.8 Å². The molecule has 0 heterocycles. The van der Waals surface area contributed by atoms with Gasteiger partial charge in [0.1, 0.15) is 5.60 Å². The Hall–Kier alpha value is -3.16. The smallest absolute Gasteiger partial charge is 0.121 e. The van der Waals surface area contributed by atoms with E-state index in [0.29, 0.717) is 0 Å². The lowest BCUT2D eigenvalue weighted by Crippen LogP contribution is -2.41. The summed E-state index contributed by atoms with van der Waals surface area (Å²) in [7, 11) is 0. The maximum atomic E-state index is 12.6. The van der Waals surface area contributed by atoms with E-state index in [1.54, 1.807) is 0 Å². The van der Waals surface area contributed by atoms with E-state index >= 15 is 0 Å². The second-order valence-corrected chi connectivity index (χ2v) is 8.59. The fourth-order valence-corrected chi connectivity index (χ4v) is 5.54. The van der Waals surface area contributed by atoms with Gasteiger partial charge in [-0.15, -0.1) is 0 Å². The van der Waals surface area contributed by atoms with E-state index in [-0.39, 0.29) is 5.41 Å². The zero-order chi connectivity index (χ0) is 20.7. The molecule has 1 N–H and O–H groups in total. The van der Waals surface area contributed by atoms with Gasteiger partial charge in [-0.05, 0) is 28.7 Å². The number of rotatable bonds is 5. The molecule has 1 fully saturated rings. The maximum Gasteiger partial charge on any atom is 0.121 e. The Morgan fingerprint density at radius 2 is 0.900 bits per heavy atom. The predicted octanol–water partition coefficient (Wildman–Crippen LogP) is 6.32. The van der Waals surface area contributed by atoms with Crippen LogP contribution in [0.25, 0.3) is 0 Å². The lowest BCUT2D eigenvalue weighted by Gasteiger charge is -2.40. The Morgan fingerprint density at radius 1 is 0.567 bits per heavy atom. The van der Waals surface area contributed by atoms with Crippen LogP contribution < -0.4 is 0 Å². The molecule has 1 aliphatic carbocycles. The first-order chi connectivity index (χ1) is 14.6. The van der Waals surface area contributed by atoms with E-state index < -0.39 is 11.0 Å². The minimum atomic E-state index is -1.12. The van der Waals surface area contributed by atoms with E-state index in [2.05, 4.69) is 91.9 Å². The Labute approximate surface area is 178 Å². The van der Waals surface area contributed by atoms with Crippen LogP contribution in [-0.4, -0.2) is 5.11 Å². The van der Waals surface area contributed by atoms with E-state index in [1.165, 1.54) is 11.1 Å². The molecule has 4 aromatic carbocycles. The average Bonchev–Trinajstić information content (AvgIpc) is 3.49. The normalized spacial score (nSPS) is 19.9. The second-order valence-electron chi connectivity index (χ2n) is 8.59. The van der Waals surface area contributed by atoms with Gasteiger partial charge in [-0.3, -0.25) is 0 Å². The van der Waals surface area contributed by atoms with Crippen molar-refractivity contribution in [2.75, 3.05) is 0 Å². The summed E-state index contributed by atoms with van der Waals surface area (Å²) in [6, 6.07) is 41.6. The predicted molar refractivity (Wildman–Crippen MR) is 122 cm³/mol. The SMILES string of the molecule is C[C@@]1(C(O)(c2ccccc2)c2ccccc2)CC1(c1ccccc1)c1ccccc1. The van der Waals surface area contributed by atoms with Gasteiger partial charge < -0.3 is 5.11 Å². The molecule has 0 spiro atoms. The Bertz CT molecular complexity index is 1040. The van der Waals surface area contributed by atoms with E-state index in [9.17, 15) is 5.11 Å². The second kappa shape index (κ2) is 6.97. The zero-order valence-electron chi connectivity index (χ0n) is 17.2. The van der Waals surface area contributed by atoms with E-state index in [4.69, 9.17) is 0 Å². The van der Waals surface area contributed by atoms with Gasteiger partial charge in [0.25, 0.3) is 0 Å². The molecule has 0 bridgehead atoms. The highest BCUT2D eigenvalue weighted by Gasteiger charge is 2.74. The maximum absolute atomic E-state index is 12.6. The van der Waals surface area contributed by atoms with Crippen LogP contribution in [0.4, 0.5) is 0 Å². The van der Waals surface area contributed by atoms with Gasteiger partial charge in [0.15, 0.2) is 0 Å². The van der Waals surface area contributed by atoms with Gasteiger partial charge in [0.05, 0.1) is 0 Å². The summed E-state index contributed by atoms with van der Waals surface area (Å²) in [6.45, 7) is 2.24. The largest absolute Gasteiger partial charge is 0.380 e. The zero-order valence-corrected chi connectivity index (χ0v) is 17.2. The molecule has 0 unspecified atom stereocenters. The molecule has 1 nitrogen and oxygen atoms in total. The molecule has 5 rings (SSSR count). The molecule has 1 saturated carbocycles. The molecular formula is C29H26O. The van der Waals surface area contributed by atoms with Crippen molar-refractivity contribution in [3.8, 4) is 0 Å². The van der Waals surface area contributed by atoms with Crippen molar-refractivity contribution in [3.05, 3.63) is 144 Å². The van der Waals surface area contributed by atoms with E-state index in [1.807, 2.05) is 36.4 Å². The minimum absolute atomic E-state index is 0.268. The fraction of sp³-hybridized carbons (Fsp3) is 0.172. The third-order valence-electron chi connectivity index (χ3n) is 7.15. The van der Waals surface area contributed by atoms with Crippen molar-refractivity contribution in [2.45, 2.75) is 24.4 Å². The molecule has 4 aromatic rings. The van der Waals surface area contributed by atoms with Crippen LogP contribution in [0.15, 0.2) is 121 Å². The molecule has 1 atom stereocenters. The van der Waals surface area contributed by atoms with Gasteiger partial charge >= 0.3 is 0 Å². The molecule has 1 heteroatoms. The van der Waals surface area contributed by atoms with Crippen molar-refractivity contribution < 1.29 is 5.11 Å². The van der Waals surface area contributed by atoms with Crippen LogP contribution in [0, 0.1) is 5.41 Å². The molecule has 0 radical (unpaired) electrons. The standard InChI is InChI=1S/C29H26O/c1-27(29(30,25-18-10-4-11-19-25)26-20-12-5-13-21-26)22-28(27,23-14-6-2-7-15-23)24-16-8-3-9-17-24/h2-21,30H,22H2,1H3/t27-/m1/s1. The highest BCUT2D eigenvalue weighted by atomic mass is 16.3. The first-order valence-electron chi connectivity index (χ1n) is 10.6. The topological polar surface area (TPSA) is 20.2 Å². The Morgan fingerprint density at radius 3 is 1.27 bits per heavy atom. The van der Waals surface area contributed by atoms with Crippen LogP contribution in [0.1, 0.15) is 35.6 Å². The first kappa shape index (κ1) is 18.8. The van der Waals surface area contributed by atoms with Crippen LogP contribution in [0.5, 0.6) is 0 Å². The highest BCUT2D eigenvalue weighted by Crippen LogP contribution is 2.75. The molecule has 0 aliphatic heterocycles. The van der Waals surface area contributed by atoms with Crippen molar-refractivity contribution in [1.82, 2.24) is 0 Å². The molecule has 0 saturated heterocycles. The van der Waals surface area contributed by atoms with Crippen LogP contribution >= 0.6 is 0 Å². The van der Waals surface area contributed by atoms with E-state index in [0.717, 1.165) is 17.5 Å². The number of hydrogen-bond acceptors (Lipinski definition) is 1. The number of aliphatic hydroxyl groups is 1. The minimum Gasteiger partial charge on any atom is -0.380 e. The Kier molecular flexibility index (Phi) is 4.38. The highest BCUT2D eigenvalue weighted by molar-refractivity contribution is 5.56. The molecular weight excluding hydrogens is 364 g/mol. The summed E-state index contributed by atoms with van der Waals surface area (Å²) in [4.78, 5) is 0. The van der Waals surface area contributed by atoms with Crippen LogP contribution in [0.2, 0.25) is 0 Å². The number of benzene rings is 4. The summed E-state index contributed by atoms with van der Waals surface area (Å²) >= 11 is 0. The van der Waals surface area contributed by atoms with Crippen LogP contribution in [-0.2, 0) is 11.0 Å². The molecule has 0 amide bonds. The van der Waals surface area contributed by atoms with Gasteiger partial charge in [-0.2, -0.15) is 0 Å². The first-order valence-corrected chi connectivity index (χ1v) is 10.6. The molecule has 30 heavy (non-hydrogen) atoms. The van der Waals surface area contributed by atoms with Gasteiger partial charge in [-0.1, -0.05) is 128 Å². The molecule has 1 aliphatic rings. The summed E-state index contributed by atoms with van der Waals surface area (Å²) in [6.07, 6.45) is 0.869. The van der Waals surface area contributed by atoms with Crippen LogP contribution in [0.3, 0.4) is 0 Å². The summed E-state index contributed by atoms with van der Waals surface area (Å²) < 4.78 is 0. The summed E-state index contributed by atoms with van der Waals surface area (Å²) in [5.41, 5.74) is 2.58. The van der Waals surface area contributed by atoms with Gasteiger partial charge in [-0.25, -0.2) is 0 Å². The van der Waals surface area contributed by atoms with Crippen molar-refractivity contribution >= 4 is 0 Å². The molecule has 148 valence electrons. The average molecular weight is 391 g/mol. The van der Waals surface area contributed by atoms with Crippen molar-refractivity contribution in [2.24, 2.45) is 5.41 Å². The van der Waals surface area contributed by atoms with Crippen molar-refractivity contribution in [1.29, 1.82) is 0 Å². The van der Waals surface area contributed by atoms with Gasteiger partial charge in [0.2, 0.25) is 0 Å². The summed E-state index contributed by atoms with van der Waals surface area (Å²) in [5, 5.41) is 12.6. The Balaban J connectivity index is 1.78. The van der Waals surface area contributed by atoms with Crippen molar-refractivity contribution in [3.63, 3.8) is 0 Å². The lowest BCUT2D eigenvalue weighted by atomic mass is 9.67. The number of hydrogen-bond donors (Lipinski definition) is 1. The molecule has 0 aromatic heterocycles. The third kappa shape index (κ3) is 2.52.